The fraction of sp³-hybridized carbons (Fsp3) is 0.208. The predicted molar refractivity (Wildman–Crippen MR) is 121 cm³/mol. The summed E-state index contributed by atoms with van der Waals surface area (Å²) in [5.74, 6) is 0.171. The molecule has 152 valence electrons. The molecule has 0 unspecified atom stereocenters. The van der Waals surface area contributed by atoms with Crippen molar-refractivity contribution in [3.63, 3.8) is 0 Å². The molecule has 0 atom stereocenters. The van der Waals surface area contributed by atoms with Gasteiger partial charge >= 0.3 is 5.97 Å². The third-order valence-electron chi connectivity index (χ3n) is 4.45. The van der Waals surface area contributed by atoms with Gasteiger partial charge in [0.25, 0.3) is 0 Å². The van der Waals surface area contributed by atoms with Crippen molar-refractivity contribution in [2.24, 2.45) is 5.92 Å². The fourth-order valence-electron chi connectivity index (χ4n) is 3.00. The molecule has 0 bridgehead atoms. The molecule has 0 spiro atoms. The van der Waals surface area contributed by atoms with E-state index in [9.17, 15) is 10.1 Å². The van der Waals surface area contributed by atoms with Gasteiger partial charge in [-0.3, -0.25) is 0 Å². The Morgan fingerprint density at radius 3 is 2.63 bits per heavy atom. The Hall–Kier alpha value is -3.43. The Morgan fingerprint density at radius 2 is 1.97 bits per heavy atom. The van der Waals surface area contributed by atoms with Gasteiger partial charge in [-0.2, -0.15) is 5.26 Å². The summed E-state index contributed by atoms with van der Waals surface area (Å²) in [5.41, 5.74) is 4.51. The van der Waals surface area contributed by atoms with Crippen LogP contribution in [0.5, 0.6) is 0 Å². The standard InChI is InChI=1S/C24H23N3O2S/c1-16(2)12-17-8-10-18(11-9-17)22-15-30-23(27-22)19(13-25)14-26-21-7-5-4-6-20(21)24(28)29-3/h4-11,14-16,26H,12H2,1-3H3/b19-14+. The van der Waals surface area contributed by atoms with E-state index in [1.807, 2.05) is 5.38 Å². The summed E-state index contributed by atoms with van der Waals surface area (Å²) in [4.78, 5) is 16.5. The van der Waals surface area contributed by atoms with Crippen LogP contribution in [0.2, 0.25) is 0 Å². The number of methoxy groups -OCH3 is 1. The van der Waals surface area contributed by atoms with Gasteiger partial charge in [0.15, 0.2) is 0 Å². The molecule has 5 nitrogen and oxygen atoms in total. The number of anilines is 1. The quantitative estimate of drug-likeness (QED) is 0.390. The number of thiazole rings is 1. The fourth-order valence-corrected chi connectivity index (χ4v) is 3.80. The van der Waals surface area contributed by atoms with Crippen molar-refractivity contribution >= 4 is 28.6 Å². The van der Waals surface area contributed by atoms with Crippen LogP contribution in [0.25, 0.3) is 16.8 Å². The molecule has 0 saturated carbocycles. The SMILES string of the molecule is COC(=O)c1ccccc1N/C=C(\C#N)c1nc(-c2ccc(CC(C)C)cc2)cs1. The smallest absolute Gasteiger partial charge is 0.339 e. The molecule has 1 N–H and O–H groups in total. The van der Waals surface area contributed by atoms with Crippen molar-refractivity contribution in [3.8, 4) is 17.3 Å². The zero-order valence-corrected chi connectivity index (χ0v) is 18.0. The van der Waals surface area contributed by atoms with E-state index >= 15 is 0 Å². The van der Waals surface area contributed by atoms with Gasteiger partial charge < -0.3 is 10.1 Å². The summed E-state index contributed by atoms with van der Waals surface area (Å²) in [6.45, 7) is 4.40. The highest BCUT2D eigenvalue weighted by atomic mass is 32.1. The second-order valence-electron chi connectivity index (χ2n) is 7.18. The lowest BCUT2D eigenvalue weighted by Gasteiger charge is -2.07. The molecule has 0 aliphatic rings. The van der Waals surface area contributed by atoms with Crippen LogP contribution in [0.1, 0.15) is 34.8 Å². The molecule has 1 heterocycles. The number of carbonyl (C=O) groups is 1. The molecule has 0 aliphatic heterocycles. The number of hydrogen-bond donors (Lipinski definition) is 1. The molecule has 0 aliphatic carbocycles. The Morgan fingerprint density at radius 1 is 1.23 bits per heavy atom. The minimum atomic E-state index is -0.442. The molecule has 3 aromatic rings. The van der Waals surface area contributed by atoms with E-state index in [2.05, 4.69) is 54.5 Å². The van der Waals surface area contributed by atoms with Crippen molar-refractivity contribution in [2.45, 2.75) is 20.3 Å². The Balaban J connectivity index is 1.80. The van der Waals surface area contributed by atoms with Gasteiger partial charge in [-0.1, -0.05) is 50.2 Å². The van der Waals surface area contributed by atoms with Crippen LogP contribution in [0.15, 0.2) is 60.1 Å². The Kier molecular flexibility index (Phi) is 6.99. The summed E-state index contributed by atoms with van der Waals surface area (Å²) < 4.78 is 4.80. The highest BCUT2D eigenvalue weighted by Crippen LogP contribution is 2.27. The number of para-hydroxylation sites is 1. The maximum absolute atomic E-state index is 11.9. The summed E-state index contributed by atoms with van der Waals surface area (Å²) in [6.07, 6.45) is 2.61. The molecule has 0 saturated heterocycles. The summed E-state index contributed by atoms with van der Waals surface area (Å²) in [6, 6.07) is 17.5. The van der Waals surface area contributed by atoms with Gasteiger partial charge in [-0.15, -0.1) is 11.3 Å². The van der Waals surface area contributed by atoms with E-state index in [0.29, 0.717) is 27.7 Å². The van der Waals surface area contributed by atoms with Crippen molar-refractivity contribution in [1.29, 1.82) is 5.26 Å². The highest BCUT2D eigenvalue weighted by Gasteiger charge is 2.12. The van der Waals surface area contributed by atoms with Gasteiger partial charge in [0.05, 0.1) is 24.1 Å². The summed E-state index contributed by atoms with van der Waals surface area (Å²) in [7, 11) is 1.34. The number of aromatic nitrogens is 1. The third-order valence-corrected chi connectivity index (χ3v) is 5.33. The van der Waals surface area contributed by atoms with Crippen LogP contribution >= 0.6 is 11.3 Å². The zero-order chi connectivity index (χ0) is 21.5. The Labute approximate surface area is 180 Å². The lowest BCUT2D eigenvalue weighted by Crippen LogP contribution is -2.05. The second kappa shape index (κ2) is 9.86. The number of carbonyl (C=O) groups excluding carboxylic acids is 1. The largest absolute Gasteiger partial charge is 0.465 e. The van der Waals surface area contributed by atoms with Crippen LogP contribution in [0.3, 0.4) is 0 Å². The number of ether oxygens (including phenoxy) is 1. The van der Waals surface area contributed by atoms with Crippen LogP contribution in [0, 0.1) is 17.2 Å². The first-order valence-corrected chi connectivity index (χ1v) is 10.5. The highest BCUT2D eigenvalue weighted by molar-refractivity contribution is 7.11. The van der Waals surface area contributed by atoms with Crippen LogP contribution in [-0.2, 0) is 11.2 Å². The molecule has 0 amide bonds. The molecule has 6 heteroatoms. The number of nitrogens with zero attached hydrogens (tertiary/aromatic N) is 2. The number of allylic oxidation sites excluding steroid dienone is 1. The van der Waals surface area contributed by atoms with Gasteiger partial charge in [0, 0.05) is 17.1 Å². The van der Waals surface area contributed by atoms with Crippen LogP contribution in [0.4, 0.5) is 5.69 Å². The average Bonchev–Trinajstić information content (AvgIpc) is 3.24. The van der Waals surface area contributed by atoms with Gasteiger partial charge in [-0.05, 0) is 30.0 Å². The van der Waals surface area contributed by atoms with E-state index in [1.165, 1.54) is 24.0 Å². The topological polar surface area (TPSA) is 75.0 Å². The van der Waals surface area contributed by atoms with E-state index in [0.717, 1.165) is 17.7 Å². The summed E-state index contributed by atoms with van der Waals surface area (Å²) in [5, 5.41) is 15.2. The van der Waals surface area contributed by atoms with Crippen LogP contribution in [-0.4, -0.2) is 18.1 Å². The molecule has 0 radical (unpaired) electrons. The minimum absolute atomic E-state index is 0.391. The van der Waals surface area contributed by atoms with Crippen molar-refractivity contribution in [2.75, 3.05) is 12.4 Å². The number of hydrogen-bond acceptors (Lipinski definition) is 6. The number of nitrogens with one attached hydrogen (secondary N) is 1. The first-order chi connectivity index (χ1) is 14.5. The van der Waals surface area contributed by atoms with Crippen molar-refractivity contribution in [1.82, 2.24) is 4.98 Å². The first-order valence-electron chi connectivity index (χ1n) is 9.61. The molecular weight excluding hydrogens is 394 g/mol. The average molecular weight is 418 g/mol. The molecule has 30 heavy (non-hydrogen) atoms. The van der Waals surface area contributed by atoms with Gasteiger partial charge in [0.1, 0.15) is 16.6 Å². The maximum Gasteiger partial charge on any atom is 0.339 e. The first kappa shape index (κ1) is 21.3. The van der Waals surface area contributed by atoms with E-state index < -0.39 is 5.97 Å². The summed E-state index contributed by atoms with van der Waals surface area (Å²) >= 11 is 1.41. The van der Waals surface area contributed by atoms with Crippen LogP contribution < -0.4 is 5.32 Å². The lowest BCUT2D eigenvalue weighted by atomic mass is 10.0. The van der Waals surface area contributed by atoms with E-state index in [-0.39, 0.29) is 0 Å². The molecule has 0 fully saturated rings. The minimum Gasteiger partial charge on any atom is -0.465 e. The van der Waals surface area contributed by atoms with Crippen molar-refractivity contribution < 1.29 is 9.53 Å². The normalized spacial score (nSPS) is 11.2. The number of esters is 1. The third kappa shape index (κ3) is 5.13. The van der Waals surface area contributed by atoms with Gasteiger partial charge in [-0.25, -0.2) is 9.78 Å². The second-order valence-corrected chi connectivity index (χ2v) is 8.04. The predicted octanol–water partition coefficient (Wildman–Crippen LogP) is 5.77. The molecule has 1 aromatic heterocycles. The lowest BCUT2D eigenvalue weighted by molar-refractivity contribution is 0.0602. The number of rotatable bonds is 7. The maximum atomic E-state index is 11.9. The van der Waals surface area contributed by atoms with E-state index in [1.54, 1.807) is 30.5 Å². The molecular formula is C24H23N3O2S. The van der Waals surface area contributed by atoms with Crippen molar-refractivity contribution in [3.05, 3.63) is 76.2 Å². The molecule has 3 rings (SSSR count). The molecule has 2 aromatic carbocycles. The number of benzene rings is 2. The monoisotopic (exact) mass is 417 g/mol. The van der Waals surface area contributed by atoms with Gasteiger partial charge in [0.2, 0.25) is 0 Å². The zero-order valence-electron chi connectivity index (χ0n) is 17.2. The number of nitriles is 1. The Bertz CT molecular complexity index is 1090. The van der Waals surface area contributed by atoms with E-state index in [4.69, 9.17) is 4.74 Å².